The van der Waals surface area contributed by atoms with Crippen LogP contribution in [0.25, 0.3) is 0 Å². The van der Waals surface area contributed by atoms with E-state index in [1.54, 1.807) is 17.0 Å². The molecule has 1 unspecified atom stereocenters. The van der Waals surface area contributed by atoms with Crippen LogP contribution in [0, 0.1) is 0 Å². The fraction of sp³-hybridized carbons (Fsp3) is 0.188. The lowest BCUT2D eigenvalue weighted by atomic mass is 10.1. The minimum atomic E-state index is -0.643. The van der Waals surface area contributed by atoms with Gasteiger partial charge in [-0.25, -0.2) is 0 Å². The summed E-state index contributed by atoms with van der Waals surface area (Å²) in [5, 5.41) is 0.583. The highest BCUT2D eigenvalue weighted by Gasteiger charge is 2.34. The summed E-state index contributed by atoms with van der Waals surface area (Å²) in [6.07, 6.45) is 0. The monoisotopic (exact) mass is 302 g/mol. The number of ether oxygens (including phenoxy) is 1. The number of benzene rings is 2. The van der Waals surface area contributed by atoms with Crippen molar-refractivity contribution in [2.45, 2.75) is 6.04 Å². The van der Waals surface area contributed by atoms with Gasteiger partial charge in [-0.1, -0.05) is 29.8 Å². The molecule has 0 saturated heterocycles. The number of halogens is 1. The van der Waals surface area contributed by atoms with Gasteiger partial charge in [-0.05, 0) is 30.3 Å². The van der Waals surface area contributed by atoms with Crippen molar-refractivity contribution in [3.05, 3.63) is 59.1 Å². The first-order valence-corrected chi connectivity index (χ1v) is 7.09. The van der Waals surface area contributed by atoms with E-state index in [4.69, 9.17) is 22.1 Å². The molecule has 0 aromatic heterocycles. The van der Waals surface area contributed by atoms with Crippen molar-refractivity contribution < 1.29 is 9.53 Å². The first kappa shape index (κ1) is 13.9. The lowest BCUT2D eigenvalue weighted by Crippen LogP contribution is -2.34. The Morgan fingerprint density at radius 2 is 1.95 bits per heavy atom. The van der Waals surface area contributed by atoms with Crippen LogP contribution in [0.15, 0.2) is 48.5 Å². The second-order valence-electron chi connectivity index (χ2n) is 4.83. The molecule has 0 bridgehead atoms. The Kier molecular flexibility index (Phi) is 3.82. The highest BCUT2D eigenvalue weighted by Crippen LogP contribution is 2.35. The van der Waals surface area contributed by atoms with Gasteiger partial charge in [0.15, 0.2) is 0 Å². The van der Waals surface area contributed by atoms with E-state index in [0.29, 0.717) is 18.2 Å². The van der Waals surface area contributed by atoms with Gasteiger partial charge in [0.2, 0.25) is 5.91 Å². The van der Waals surface area contributed by atoms with Crippen molar-refractivity contribution >= 4 is 23.2 Å². The first-order chi connectivity index (χ1) is 10.2. The van der Waals surface area contributed by atoms with Crippen molar-refractivity contribution in [1.82, 2.24) is 0 Å². The smallest absolute Gasteiger partial charge is 0.248 e. The van der Waals surface area contributed by atoms with Gasteiger partial charge in [-0.2, -0.15) is 0 Å². The number of carbonyl (C=O) groups is 1. The summed E-state index contributed by atoms with van der Waals surface area (Å²) in [5.74, 6) is 0.661. The number of anilines is 1. The molecule has 1 aliphatic rings. The zero-order valence-electron chi connectivity index (χ0n) is 11.3. The highest BCUT2D eigenvalue weighted by molar-refractivity contribution is 6.31. The molecular formula is C16H15ClN2O2. The number of nitrogens with two attached hydrogens (primary N) is 1. The summed E-state index contributed by atoms with van der Waals surface area (Å²) < 4.78 is 5.63. The van der Waals surface area contributed by atoms with E-state index < -0.39 is 6.04 Å². The largest absolute Gasteiger partial charge is 0.492 e. The Hall–Kier alpha value is -2.04. The zero-order chi connectivity index (χ0) is 14.8. The topological polar surface area (TPSA) is 55.6 Å². The van der Waals surface area contributed by atoms with Gasteiger partial charge < -0.3 is 15.4 Å². The third-order valence-corrected chi connectivity index (χ3v) is 3.71. The molecule has 2 aromatic carbocycles. The molecule has 2 N–H and O–H groups in total. The molecule has 0 radical (unpaired) electrons. The Morgan fingerprint density at radius 1 is 1.19 bits per heavy atom. The fourth-order valence-corrected chi connectivity index (χ4v) is 2.62. The van der Waals surface area contributed by atoms with Crippen molar-refractivity contribution in [3.63, 3.8) is 0 Å². The van der Waals surface area contributed by atoms with E-state index in [1.807, 2.05) is 36.4 Å². The molecule has 5 heteroatoms. The second kappa shape index (κ2) is 5.76. The van der Waals surface area contributed by atoms with Crippen LogP contribution in [0.4, 0.5) is 5.69 Å². The number of fused-ring (bicyclic) bond motifs is 1. The molecule has 0 aliphatic carbocycles. The number of hydrogen-bond donors (Lipinski definition) is 1. The van der Waals surface area contributed by atoms with Crippen molar-refractivity contribution in [3.8, 4) is 5.75 Å². The summed E-state index contributed by atoms with van der Waals surface area (Å²) in [4.78, 5) is 13.9. The normalized spacial score (nSPS) is 17.0. The van der Waals surface area contributed by atoms with Crippen LogP contribution in [-0.4, -0.2) is 19.1 Å². The summed E-state index contributed by atoms with van der Waals surface area (Å²) >= 11 is 5.96. The molecule has 1 amide bonds. The Balaban J connectivity index is 1.70. The van der Waals surface area contributed by atoms with Gasteiger partial charge in [0.1, 0.15) is 18.4 Å². The number of rotatable bonds is 4. The number of para-hydroxylation sites is 1. The predicted molar refractivity (Wildman–Crippen MR) is 82.7 cm³/mol. The quantitative estimate of drug-likeness (QED) is 0.945. The van der Waals surface area contributed by atoms with Gasteiger partial charge in [-0.15, -0.1) is 0 Å². The van der Waals surface area contributed by atoms with E-state index in [-0.39, 0.29) is 5.91 Å². The van der Waals surface area contributed by atoms with Gasteiger partial charge in [0.25, 0.3) is 0 Å². The molecular weight excluding hydrogens is 288 g/mol. The molecule has 21 heavy (non-hydrogen) atoms. The summed E-state index contributed by atoms with van der Waals surface area (Å²) in [7, 11) is 0. The molecule has 1 aliphatic heterocycles. The summed E-state index contributed by atoms with van der Waals surface area (Å²) in [6, 6.07) is 14.2. The lowest BCUT2D eigenvalue weighted by Gasteiger charge is -2.18. The minimum absolute atomic E-state index is 0.121. The molecule has 1 heterocycles. The maximum absolute atomic E-state index is 12.2. The minimum Gasteiger partial charge on any atom is -0.492 e. The van der Waals surface area contributed by atoms with Crippen molar-refractivity contribution in [2.75, 3.05) is 18.1 Å². The number of hydrogen-bond acceptors (Lipinski definition) is 3. The van der Waals surface area contributed by atoms with Crippen molar-refractivity contribution in [1.29, 1.82) is 0 Å². The van der Waals surface area contributed by atoms with E-state index in [1.165, 1.54) is 0 Å². The molecule has 4 nitrogen and oxygen atoms in total. The number of amides is 1. The van der Waals surface area contributed by atoms with Crippen LogP contribution < -0.4 is 15.4 Å². The van der Waals surface area contributed by atoms with Gasteiger partial charge >= 0.3 is 0 Å². The second-order valence-corrected chi connectivity index (χ2v) is 5.27. The average molecular weight is 303 g/mol. The Bertz CT molecular complexity index is 661. The van der Waals surface area contributed by atoms with E-state index in [9.17, 15) is 4.79 Å². The van der Waals surface area contributed by atoms with E-state index in [2.05, 4.69) is 0 Å². The molecule has 3 rings (SSSR count). The predicted octanol–water partition coefficient (Wildman–Crippen LogP) is 2.77. The van der Waals surface area contributed by atoms with E-state index >= 15 is 0 Å². The van der Waals surface area contributed by atoms with Crippen LogP contribution in [0.1, 0.15) is 11.6 Å². The Labute approximate surface area is 128 Å². The summed E-state index contributed by atoms with van der Waals surface area (Å²) in [6.45, 7) is 0.862. The van der Waals surface area contributed by atoms with Gasteiger partial charge in [-0.3, -0.25) is 4.79 Å². The van der Waals surface area contributed by atoms with Crippen LogP contribution in [0.5, 0.6) is 5.75 Å². The van der Waals surface area contributed by atoms with Crippen LogP contribution in [0.3, 0.4) is 0 Å². The third-order valence-electron chi connectivity index (χ3n) is 3.47. The first-order valence-electron chi connectivity index (χ1n) is 6.71. The van der Waals surface area contributed by atoms with E-state index in [0.717, 1.165) is 17.0 Å². The number of carbonyl (C=O) groups excluding carboxylic acids is 1. The number of nitrogens with zero attached hydrogens (tertiary/aromatic N) is 1. The highest BCUT2D eigenvalue weighted by atomic mass is 35.5. The standard InChI is InChI=1S/C16H15ClN2O2/c17-11-6-7-14-13(10-11)15(18)16(20)19(14)8-9-21-12-4-2-1-3-5-12/h1-7,10,15H,8-9,18H2. The van der Waals surface area contributed by atoms with Crippen LogP contribution >= 0.6 is 11.6 Å². The van der Waals surface area contributed by atoms with Gasteiger partial charge in [0, 0.05) is 16.3 Å². The molecule has 0 saturated carbocycles. The van der Waals surface area contributed by atoms with Crippen LogP contribution in [-0.2, 0) is 4.79 Å². The lowest BCUT2D eigenvalue weighted by molar-refractivity contribution is -0.119. The van der Waals surface area contributed by atoms with Gasteiger partial charge in [0.05, 0.1) is 6.54 Å². The van der Waals surface area contributed by atoms with Crippen LogP contribution in [0.2, 0.25) is 5.02 Å². The average Bonchev–Trinajstić information content (AvgIpc) is 2.73. The third kappa shape index (κ3) is 2.73. The van der Waals surface area contributed by atoms with Crippen molar-refractivity contribution in [2.24, 2.45) is 5.73 Å². The molecule has 0 spiro atoms. The summed E-state index contributed by atoms with van der Waals surface area (Å²) in [5.41, 5.74) is 7.53. The SMILES string of the molecule is NC1C(=O)N(CCOc2ccccc2)c2ccc(Cl)cc21. The maximum Gasteiger partial charge on any atom is 0.248 e. The zero-order valence-corrected chi connectivity index (χ0v) is 12.1. The molecule has 108 valence electrons. The molecule has 2 aromatic rings. The molecule has 1 atom stereocenters. The fourth-order valence-electron chi connectivity index (χ4n) is 2.44. The molecule has 0 fully saturated rings. The Morgan fingerprint density at radius 3 is 2.71 bits per heavy atom. The maximum atomic E-state index is 12.2.